The highest BCUT2D eigenvalue weighted by atomic mass is 16.5. The number of aromatic nitrogens is 1. The topological polar surface area (TPSA) is 124 Å². The number of phenols is 2. The van der Waals surface area contributed by atoms with Crippen LogP contribution in [0.15, 0.2) is 66.9 Å². The van der Waals surface area contributed by atoms with E-state index in [2.05, 4.69) is 10.3 Å². The van der Waals surface area contributed by atoms with E-state index < -0.39 is 6.10 Å². The van der Waals surface area contributed by atoms with Crippen LogP contribution in [0.5, 0.6) is 23.0 Å². The minimum Gasteiger partial charge on any atom is -0.508 e. The Balaban J connectivity index is 1.38. The molecule has 3 aromatic carbocycles. The van der Waals surface area contributed by atoms with Crippen molar-refractivity contribution in [1.29, 1.82) is 0 Å². The Morgan fingerprint density at radius 1 is 1.14 bits per heavy atom. The summed E-state index contributed by atoms with van der Waals surface area (Å²) in [4.78, 5) is 15.6. The van der Waals surface area contributed by atoms with Gasteiger partial charge in [0.05, 0.1) is 19.6 Å². The molecule has 8 heteroatoms. The first-order chi connectivity index (χ1) is 18.0. The second kappa shape index (κ2) is 10.3. The third kappa shape index (κ3) is 4.83. The number of hydrogen-bond acceptors (Lipinski definition) is 6. The number of benzene rings is 3. The third-order valence-electron chi connectivity index (χ3n) is 6.65. The van der Waals surface area contributed by atoms with Crippen molar-refractivity contribution in [2.24, 2.45) is 0 Å². The van der Waals surface area contributed by atoms with Gasteiger partial charge in [0.25, 0.3) is 0 Å². The number of carbonyl (C=O) groups excluding carboxylic acids is 1. The Kier molecular flexibility index (Phi) is 6.74. The first-order valence-electron chi connectivity index (χ1n) is 12.0. The Hall–Kier alpha value is -4.43. The van der Waals surface area contributed by atoms with E-state index in [1.54, 1.807) is 42.5 Å². The molecule has 1 amide bonds. The van der Waals surface area contributed by atoms with Crippen LogP contribution in [0.4, 0.5) is 0 Å². The fraction of sp³-hybridized carbons (Fsp3) is 0.207. The standard InChI is InChI=1S/C29H28N2O6/c1-36-24-14-18(5-9-22(24)34)28-25(16-32)37-23-10-8-21-27(29(23)28)19(15-31-21)12-13-30-26(35)11-4-17-2-6-20(33)7-3-17/h2-11,14-15,25,28,31-34H,12-13,16H2,1H3,(H,30,35)/b11-4+/t25-,28-/m0/s1. The van der Waals surface area contributed by atoms with E-state index in [1.807, 2.05) is 24.4 Å². The highest BCUT2D eigenvalue weighted by Gasteiger charge is 2.38. The summed E-state index contributed by atoms with van der Waals surface area (Å²) in [6.07, 6.45) is 5.19. The van der Waals surface area contributed by atoms with Gasteiger partial charge in [-0.2, -0.15) is 0 Å². The molecule has 2 heterocycles. The fourth-order valence-electron chi connectivity index (χ4n) is 4.88. The van der Waals surface area contributed by atoms with Crippen LogP contribution in [0.3, 0.4) is 0 Å². The van der Waals surface area contributed by atoms with E-state index in [4.69, 9.17) is 9.47 Å². The van der Waals surface area contributed by atoms with Gasteiger partial charge in [0, 0.05) is 35.3 Å². The van der Waals surface area contributed by atoms with Gasteiger partial charge in [-0.1, -0.05) is 18.2 Å². The molecular formula is C29H28N2O6. The highest BCUT2D eigenvalue weighted by molar-refractivity contribution is 5.92. The molecule has 8 nitrogen and oxygen atoms in total. The maximum atomic E-state index is 12.3. The smallest absolute Gasteiger partial charge is 0.244 e. The van der Waals surface area contributed by atoms with Crippen LogP contribution in [0.25, 0.3) is 17.0 Å². The molecule has 0 bridgehead atoms. The first-order valence-corrected chi connectivity index (χ1v) is 12.0. The molecule has 5 rings (SSSR count). The molecule has 1 aliphatic heterocycles. The molecule has 0 spiro atoms. The molecule has 1 aliphatic rings. The number of hydrogen-bond donors (Lipinski definition) is 5. The second-order valence-electron chi connectivity index (χ2n) is 8.93. The van der Waals surface area contributed by atoms with Crippen LogP contribution >= 0.6 is 0 Å². The average Bonchev–Trinajstić information content (AvgIpc) is 3.49. The number of methoxy groups -OCH3 is 1. The minimum absolute atomic E-state index is 0.0432. The van der Waals surface area contributed by atoms with Crippen molar-refractivity contribution in [2.45, 2.75) is 18.4 Å². The monoisotopic (exact) mass is 500 g/mol. The van der Waals surface area contributed by atoms with Crippen molar-refractivity contribution in [3.8, 4) is 23.0 Å². The Labute approximate surface area is 213 Å². The summed E-state index contributed by atoms with van der Waals surface area (Å²) in [6, 6.07) is 15.6. The Morgan fingerprint density at radius 2 is 1.95 bits per heavy atom. The lowest BCUT2D eigenvalue weighted by atomic mass is 9.85. The lowest BCUT2D eigenvalue weighted by molar-refractivity contribution is -0.116. The van der Waals surface area contributed by atoms with E-state index in [0.29, 0.717) is 24.5 Å². The van der Waals surface area contributed by atoms with Crippen molar-refractivity contribution >= 4 is 22.9 Å². The number of aliphatic hydroxyl groups excluding tert-OH is 1. The van der Waals surface area contributed by atoms with Crippen LogP contribution in [0.2, 0.25) is 0 Å². The molecule has 5 N–H and O–H groups in total. The number of carbonyl (C=O) groups is 1. The van der Waals surface area contributed by atoms with Crippen molar-refractivity contribution in [2.75, 3.05) is 20.3 Å². The number of amides is 1. The molecule has 37 heavy (non-hydrogen) atoms. The fourth-order valence-corrected chi connectivity index (χ4v) is 4.88. The molecule has 0 saturated heterocycles. The quantitative estimate of drug-likeness (QED) is 0.234. The summed E-state index contributed by atoms with van der Waals surface area (Å²) >= 11 is 0. The number of aromatic amines is 1. The molecule has 2 atom stereocenters. The number of H-pyrrole nitrogens is 1. The number of ether oxygens (including phenoxy) is 2. The zero-order valence-electron chi connectivity index (χ0n) is 20.3. The van der Waals surface area contributed by atoms with Gasteiger partial charge in [-0.05, 0) is 65.6 Å². The van der Waals surface area contributed by atoms with E-state index in [-0.39, 0.29) is 29.9 Å². The lowest BCUT2D eigenvalue weighted by Gasteiger charge is -2.19. The maximum Gasteiger partial charge on any atom is 0.244 e. The molecule has 4 aromatic rings. The second-order valence-corrected chi connectivity index (χ2v) is 8.93. The summed E-state index contributed by atoms with van der Waals surface area (Å²) in [5.74, 6) is 0.792. The largest absolute Gasteiger partial charge is 0.508 e. The van der Waals surface area contributed by atoms with Gasteiger partial charge in [-0.25, -0.2) is 0 Å². The lowest BCUT2D eigenvalue weighted by Crippen LogP contribution is -2.24. The van der Waals surface area contributed by atoms with Crippen molar-refractivity contribution in [3.05, 3.63) is 89.1 Å². The van der Waals surface area contributed by atoms with Crippen LogP contribution in [0, 0.1) is 0 Å². The summed E-state index contributed by atoms with van der Waals surface area (Å²) in [7, 11) is 1.50. The average molecular weight is 501 g/mol. The van der Waals surface area contributed by atoms with Crippen LogP contribution in [-0.2, 0) is 11.2 Å². The molecule has 0 radical (unpaired) electrons. The molecule has 0 unspecified atom stereocenters. The van der Waals surface area contributed by atoms with Gasteiger partial charge in [-0.3, -0.25) is 4.79 Å². The zero-order valence-corrected chi connectivity index (χ0v) is 20.3. The van der Waals surface area contributed by atoms with Gasteiger partial charge in [-0.15, -0.1) is 0 Å². The summed E-state index contributed by atoms with van der Waals surface area (Å²) in [5.41, 5.74) is 4.59. The first kappa shape index (κ1) is 24.3. The summed E-state index contributed by atoms with van der Waals surface area (Å²) in [6.45, 7) is 0.255. The van der Waals surface area contributed by atoms with Gasteiger partial charge < -0.3 is 35.1 Å². The predicted molar refractivity (Wildman–Crippen MR) is 140 cm³/mol. The van der Waals surface area contributed by atoms with Crippen molar-refractivity contribution < 1.29 is 29.6 Å². The van der Waals surface area contributed by atoms with Crippen LogP contribution in [-0.4, -0.2) is 52.6 Å². The molecular weight excluding hydrogens is 472 g/mol. The maximum absolute atomic E-state index is 12.3. The number of aliphatic hydroxyl groups is 1. The molecule has 190 valence electrons. The Bertz CT molecular complexity index is 1460. The van der Waals surface area contributed by atoms with E-state index in [0.717, 1.165) is 33.2 Å². The number of fused-ring (bicyclic) bond motifs is 3. The van der Waals surface area contributed by atoms with E-state index >= 15 is 0 Å². The highest BCUT2D eigenvalue weighted by Crippen LogP contribution is 2.48. The summed E-state index contributed by atoms with van der Waals surface area (Å²) in [5, 5.41) is 33.5. The number of phenolic OH excluding ortho intramolecular Hbond substituents is 2. The van der Waals surface area contributed by atoms with Crippen molar-refractivity contribution in [1.82, 2.24) is 10.3 Å². The van der Waals surface area contributed by atoms with E-state index in [9.17, 15) is 20.1 Å². The van der Waals surface area contributed by atoms with Gasteiger partial charge in [0.1, 0.15) is 17.6 Å². The van der Waals surface area contributed by atoms with E-state index in [1.165, 1.54) is 13.2 Å². The molecule has 0 saturated carbocycles. The SMILES string of the molecule is COc1cc([C@@H]2c3c(ccc4[nH]cc(CCNC(=O)/C=C/c5ccc(O)cc5)c34)O[C@H]2CO)ccc1O. The number of aromatic hydroxyl groups is 2. The van der Waals surface area contributed by atoms with Crippen LogP contribution < -0.4 is 14.8 Å². The van der Waals surface area contributed by atoms with Crippen LogP contribution in [0.1, 0.15) is 28.2 Å². The molecule has 0 aliphatic carbocycles. The van der Waals surface area contributed by atoms with Crippen molar-refractivity contribution in [3.63, 3.8) is 0 Å². The number of nitrogens with one attached hydrogen (secondary N) is 2. The van der Waals surface area contributed by atoms with Gasteiger partial charge >= 0.3 is 0 Å². The zero-order chi connectivity index (χ0) is 25.9. The van der Waals surface area contributed by atoms with Gasteiger partial charge in [0.2, 0.25) is 5.91 Å². The predicted octanol–water partition coefficient (Wildman–Crippen LogP) is 3.85. The normalized spacial score (nSPS) is 16.6. The minimum atomic E-state index is -0.484. The molecule has 1 aromatic heterocycles. The summed E-state index contributed by atoms with van der Waals surface area (Å²) < 4.78 is 11.4. The third-order valence-corrected chi connectivity index (χ3v) is 6.65. The Morgan fingerprint density at radius 3 is 2.70 bits per heavy atom. The van der Waals surface area contributed by atoms with Gasteiger partial charge in [0.15, 0.2) is 11.5 Å². The number of rotatable bonds is 8. The molecule has 0 fully saturated rings.